The number of carboxylic acid groups (broad SMARTS) is 1. The van der Waals surface area contributed by atoms with Crippen LogP contribution in [-0.4, -0.2) is 25.6 Å². The molecule has 0 saturated heterocycles. The van der Waals surface area contributed by atoms with E-state index in [0.717, 1.165) is 31.7 Å². The Hall–Kier alpha value is -0.860. The van der Waals surface area contributed by atoms with Crippen molar-refractivity contribution in [3.8, 4) is 0 Å². The summed E-state index contributed by atoms with van der Waals surface area (Å²) < 4.78 is 24.3. The molecule has 9 heteroatoms. The molecular weight excluding hydrogens is 341 g/mol. The minimum Gasteiger partial charge on any atom is -0.478 e. The fourth-order valence-corrected chi connectivity index (χ4v) is 3.89. The van der Waals surface area contributed by atoms with E-state index in [-0.39, 0.29) is 16.0 Å². The summed E-state index contributed by atoms with van der Waals surface area (Å²) in [5.41, 5.74) is -0.456. The van der Waals surface area contributed by atoms with Crippen LogP contribution in [0.5, 0.6) is 0 Å². The smallest absolute Gasteiger partial charge is 0.338 e. The second kappa shape index (κ2) is 6.50. The number of carbonyl (C=O) groups is 1. The first kappa shape index (κ1) is 16.5. The molecule has 21 heavy (non-hydrogen) atoms. The SMILES string of the molecule is O=C(O)c1c(Cl)ccc(S(=O)(=O)NOC2CCCC2)c1Cl. The molecule has 0 heterocycles. The molecular formula is C12H13Cl2NO5S. The first-order valence-electron chi connectivity index (χ1n) is 6.21. The van der Waals surface area contributed by atoms with Crippen LogP contribution in [0, 0.1) is 0 Å². The van der Waals surface area contributed by atoms with E-state index in [1.54, 1.807) is 0 Å². The van der Waals surface area contributed by atoms with E-state index in [2.05, 4.69) is 0 Å². The van der Waals surface area contributed by atoms with Crippen LogP contribution in [0.4, 0.5) is 0 Å². The Morgan fingerprint density at radius 3 is 2.48 bits per heavy atom. The van der Waals surface area contributed by atoms with Gasteiger partial charge in [0.05, 0.1) is 21.7 Å². The first-order chi connectivity index (χ1) is 9.83. The van der Waals surface area contributed by atoms with Crippen LogP contribution in [0.1, 0.15) is 36.0 Å². The number of nitrogens with one attached hydrogen (secondary N) is 1. The third kappa shape index (κ3) is 3.67. The maximum atomic E-state index is 12.1. The van der Waals surface area contributed by atoms with Crippen molar-refractivity contribution >= 4 is 39.2 Å². The summed E-state index contributed by atoms with van der Waals surface area (Å²) in [4.78, 5) is 17.8. The molecule has 0 amide bonds. The Labute approximate surface area is 132 Å². The van der Waals surface area contributed by atoms with Crippen molar-refractivity contribution < 1.29 is 23.2 Å². The van der Waals surface area contributed by atoms with Gasteiger partial charge in [-0.2, -0.15) is 0 Å². The lowest BCUT2D eigenvalue weighted by molar-refractivity contribution is 0.0223. The molecule has 0 atom stereocenters. The minimum atomic E-state index is -4.08. The maximum Gasteiger partial charge on any atom is 0.338 e. The van der Waals surface area contributed by atoms with Gasteiger partial charge < -0.3 is 5.11 Å². The third-order valence-electron chi connectivity index (χ3n) is 3.19. The Balaban J connectivity index is 2.27. The van der Waals surface area contributed by atoms with Crippen LogP contribution in [0.15, 0.2) is 17.0 Å². The molecule has 1 fully saturated rings. The highest BCUT2D eigenvalue weighted by Gasteiger charge is 2.26. The predicted octanol–water partition coefficient (Wildman–Crippen LogP) is 2.84. The molecule has 0 unspecified atom stereocenters. The van der Waals surface area contributed by atoms with Gasteiger partial charge in [0.15, 0.2) is 0 Å². The fourth-order valence-electron chi connectivity index (χ4n) is 2.12. The number of hydrogen-bond acceptors (Lipinski definition) is 4. The molecule has 0 bridgehead atoms. The maximum absolute atomic E-state index is 12.1. The highest BCUT2D eigenvalue weighted by Crippen LogP contribution is 2.31. The van der Waals surface area contributed by atoms with Gasteiger partial charge in [-0.15, -0.1) is 0 Å². The Morgan fingerprint density at radius 1 is 1.29 bits per heavy atom. The van der Waals surface area contributed by atoms with Crippen molar-refractivity contribution in [2.45, 2.75) is 36.7 Å². The zero-order valence-corrected chi connectivity index (χ0v) is 13.1. The highest BCUT2D eigenvalue weighted by atomic mass is 35.5. The van der Waals surface area contributed by atoms with Crippen molar-refractivity contribution in [2.75, 3.05) is 0 Å². The summed E-state index contributed by atoms with van der Waals surface area (Å²) in [6.45, 7) is 0. The predicted molar refractivity (Wildman–Crippen MR) is 77.1 cm³/mol. The van der Waals surface area contributed by atoms with E-state index in [9.17, 15) is 13.2 Å². The van der Waals surface area contributed by atoms with Crippen LogP contribution < -0.4 is 4.89 Å². The summed E-state index contributed by atoms with van der Waals surface area (Å²) in [6, 6.07) is 2.30. The topological polar surface area (TPSA) is 92.7 Å². The lowest BCUT2D eigenvalue weighted by Gasteiger charge is -2.14. The van der Waals surface area contributed by atoms with Crippen LogP contribution >= 0.6 is 23.2 Å². The molecule has 0 aliphatic heterocycles. The zero-order valence-electron chi connectivity index (χ0n) is 10.8. The van der Waals surface area contributed by atoms with E-state index in [4.69, 9.17) is 33.1 Å². The lowest BCUT2D eigenvalue weighted by atomic mass is 10.2. The van der Waals surface area contributed by atoms with Crippen molar-refractivity contribution in [1.29, 1.82) is 0 Å². The van der Waals surface area contributed by atoms with Gasteiger partial charge in [0.1, 0.15) is 4.90 Å². The number of hydrogen-bond donors (Lipinski definition) is 2. The quantitative estimate of drug-likeness (QED) is 0.794. The average molecular weight is 354 g/mol. The normalized spacial score (nSPS) is 16.3. The molecule has 1 saturated carbocycles. The Morgan fingerprint density at radius 2 is 1.90 bits per heavy atom. The molecule has 0 aromatic heterocycles. The molecule has 1 aliphatic rings. The Bertz CT molecular complexity index is 656. The lowest BCUT2D eigenvalue weighted by Crippen LogP contribution is -2.29. The van der Waals surface area contributed by atoms with E-state index in [0.29, 0.717) is 0 Å². The monoisotopic (exact) mass is 353 g/mol. The molecule has 1 aromatic rings. The molecule has 2 N–H and O–H groups in total. The third-order valence-corrected chi connectivity index (χ3v) is 5.24. The zero-order chi connectivity index (χ0) is 15.6. The van der Waals surface area contributed by atoms with Gasteiger partial charge in [-0.05, 0) is 25.0 Å². The molecule has 6 nitrogen and oxygen atoms in total. The second-order valence-corrected chi connectivity index (χ2v) is 7.05. The van der Waals surface area contributed by atoms with Gasteiger partial charge in [0.2, 0.25) is 0 Å². The molecule has 0 spiro atoms. The number of rotatable bonds is 5. The van der Waals surface area contributed by atoms with E-state index >= 15 is 0 Å². The fraction of sp³-hybridized carbons (Fsp3) is 0.417. The number of sulfonamides is 1. The highest BCUT2D eigenvalue weighted by molar-refractivity contribution is 7.89. The van der Waals surface area contributed by atoms with Gasteiger partial charge >= 0.3 is 5.97 Å². The summed E-state index contributed by atoms with van der Waals surface area (Å²) in [5, 5.41) is 8.44. The van der Waals surface area contributed by atoms with Crippen molar-refractivity contribution in [1.82, 2.24) is 4.89 Å². The molecule has 0 radical (unpaired) electrons. The average Bonchev–Trinajstić information content (AvgIpc) is 2.88. The first-order valence-corrected chi connectivity index (χ1v) is 8.45. The number of halogens is 2. The Kier molecular flexibility index (Phi) is 5.11. The summed E-state index contributed by atoms with van der Waals surface area (Å²) in [5.74, 6) is -1.40. The van der Waals surface area contributed by atoms with E-state index in [1.165, 1.54) is 6.07 Å². The molecule has 116 valence electrons. The largest absolute Gasteiger partial charge is 0.478 e. The number of benzene rings is 1. The van der Waals surface area contributed by atoms with Gasteiger partial charge in [0, 0.05) is 0 Å². The van der Waals surface area contributed by atoms with Crippen molar-refractivity contribution in [3.05, 3.63) is 27.7 Å². The van der Waals surface area contributed by atoms with Gasteiger partial charge in [-0.3, -0.25) is 4.84 Å². The van der Waals surface area contributed by atoms with Crippen LogP contribution in [0.2, 0.25) is 10.0 Å². The van der Waals surface area contributed by atoms with Crippen molar-refractivity contribution in [2.24, 2.45) is 0 Å². The van der Waals surface area contributed by atoms with Gasteiger partial charge in [-0.1, -0.05) is 40.9 Å². The standard InChI is InChI=1S/C12H13Cl2NO5S/c13-8-5-6-9(11(14)10(8)12(16)17)21(18,19)15-20-7-3-1-2-4-7/h5-7,15H,1-4H2,(H,16,17). The van der Waals surface area contributed by atoms with Crippen LogP contribution in [0.3, 0.4) is 0 Å². The minimum absolute atomic E-state index is 0.136. The second-order valence-electron chi connectivity index (χ2n) is 4.65. The summed E-state index contributed by atoms with van der Waals surface area (Å²) in [7, 11) is -4.08. The van der Waals surface area contributed by atoms with Gasteiger partial charge in [0.25, 0.3) is 10.0 Å². The van der Waals surface area contributed by atoms with Crippen LogP contribution in [0.25, 0.3) is 0 Å². The molecule has 2 rings (SSSR count). The van der Waals surface area contributed by atoms with E-state index < -0.39 is 26.6 Å². The molecule has 1 aliphatic carbocycles. The summed E-state index contributed by atoms with van der Waals surface area (Å²) >= 11 is 11.6. The molecule has 1 aromatic carbocycles. The van der Waals surface area contributed by atoms with Crippen LogP contribution in [-0.2, 0) is 14.9 Å². The number of carboxylic acids is 1. The van der Waals surface area contributed by atoms with Gasteiger partial charge in [-0.25, -0.2) is 13.2 Å². The summed E-state index contributed by atoms with van der Waals surface area (Å²) in [6.07, 6.45) is 3.34. The number of aromatic carboxylic acids is 1. The van der Waals surface area contributed by atoms with Crippen molar-refractivity contribution in [3.63, 3.8) is 0 Å². The van der Waals surface area contributed by atoms with E-state index in [1.807, 2.05) is 4.89 Å².